The van der Waals surface area contributed by atoms with Crippen molar-refractivity contribution in [2.75, 3.05) is 33.3 Å². The molecule has 0 atom stereocenters. The average molecular weight is 403 g/mol. The van der Waals surface area contributed by atoms with E-state index in [2.05, 4.69) is 57.2 Å². The van der Waals surface area contributed by atoms with Crippen LogP contribution in [0.1, 0.15) is 16.7 Å². The van der Waals surface area contributed by atoms with Crippen molar-refractivity contribution < 1.29 is 9.64 Å². The largest absolute Gasteiger partial charge is 0.496 e. The zero-order valence-corrected chi connectivity index (χ0v) is 16.4. The number of piperazine rings is 1. The first kappa shape index (κ1) is 18.0. The summed E-state index contributed by atoms with van der Waals surface area (Å²) in [5.41, 5.74) is 3.81. The molecule has 0 bridgehead atoms. The molecule has 1 aliphatic rings. The molecule has 0 saturated carbocycles. The van der Waals surface area contributed by atoms with E-state index in [0.29, 0.717) is 0 Å². The fraction of sp³-hybridized carbons (Fsp3) is 0.350. The molecule has 25 heavy (non-hydrogen) atoms. The Morgan fingerprint density at radius 1 is 1.16 bits per heavy atom. The van der Waals surface area contributed by atoms with Gasteiger partial charge in [-0.3, -0.25) is 5.01 Å². The Labute approximate surface area is 158 Å². The third kappa shape index (κ3) is 5.06. The molecule has 1 heterocycles. The van der Waals surface area contributed by atoms with E-state index in [1.165, 1.54) is 11.1 Å². The molecule has 0 spiro atoms. The first-order valence-corrected chi connectivity index (χ1v) is 9.45. The highest BCUT2D eigenvalue weighted by Gasteiger charge is 2.18. The molecule has 1 fully saturated rings. The van der Waals surface area contributed by atoms with Crippen LogP contribution in [-0.4, -0.2) is 44.5 Å². The highest BCUT2D eigenvalue weighted by molar-refractivity contribution is 9.10. The number of hydrogen-bond acceptors (Lipinski definition) is 3. The van der Waals surface area contributed by atoms with Crippen LogP contribution < -0.4 is 9.64 Å². The molecular weight excluding hydrogens is 378 g/mol. The predicted octanol–water partition coefficient (Wildman–Crippen LogP) is 2.50. The molecular formula is C20H25BrN3O+. The number of halogens is 1. The van der Waals surface area contributed by atoms with Crippen molar-refractivity contribution in [1.29, 1.82) is 0 Å². The molecule has 0 radical (unpaired) electrons. The van der Waals surface area contributed by atoms with Crippen LogP contribution in [0.3, 0.4) is 0 Å². The second-order valence-corrected chi connectivity index (χ2v) is 7.36. The van der Waals surface area contributed by atoms with Crippen LogP contribution in [0.25, 0.3) is 0 Å². The summed E-state index contributed by atoms with van der Waals surface area (Å²) in [6, 6.07) is 14.9. The summed E-state index contributed by atoms with van der Waals surface area (Å²) >= 11 is 3.51. The molecule has 1 aliphatic heterocycles. The minimum atomic E-state index is 0.838. The normalized spacial score (nSPS) is 15.7. The maximum absolute atomic E-state index is 5.26. The summed E-state index contributed by atoms with van der Waals surface area (Å²) < 4.78 is 6.21. The lowest BCUT2D eigenvalue weighted by molar-refractivity contribution is -0.918. The number of benzene rings is 2. The Kier molecular flexibility index (Phi) is 6.10. The second kappa shape index (κ2) is 8.50. The van der Waals surface area contributed by atoms with Crippen molar-refractivity contribution in [3.63, 3.8) is 0 Å². The molecule has 3 rings (SSSR count). The van der Waals surface area contributed by atoms with Gasteiger partial charge in [0.25, 0.3) is 0 Å². The van der Waals surface area contributed by atoms with Gasteiger partial charge in [0.2, 0.25) is 0 Å². The minimum Gasteiger partial charge on any atom is -0.496 e. The number of nitrogens with one attached hydrogen (secondary N) is 1. The Morgan fingerprint density at radius 3 is 2.52 bits per heavy atom. The van der Waals surface area contributed by atoms with Gasteiger partial charge >= 0.3 is 0 Å². The van der Waals surface area contributed by atoms with Crippen LogP contribution in [-0.2, 0) is 6.54 Å². The van der Waals surface area contributed by atoms with Crippen molar-refractivity contribution >= 4 is 22.1 Å². The van der Waals surface area contributed by atoms with E-state index in [1.54, 1.807) is 12.0 Å². The summed E-state index contributed by atoms with van der Waals surface area (Å²) in [6.45, 7) is 7.47. The van der Waals surface area contributed by atoms with Crippen LogP contribution in [0, 0.1) is 6.92 Å². The molecule has 0 amide bonds. The maximum Gasteiger partial charge on any atom is 0.133 e. The van der Waals surface area contributed by atoms with Gasteiger partial charge in [-0.15, -0.1) is 0 Å². The lowest BCUT2D eigenvalue weighted by Gasteiger charge is -2.30. The van der Waals surface area contributed by atoms with Crippen molar-refractivity contribution in [2.24, 2.45) is 5.10 Å². The Balaban J connectivity index is 1.50. The number of methoxy groups -OCH3 is 1. The van der Waals surface area contributed by atoms with E-state index in [0.717, 1.165) is 48.5 Å². The van der Waals surface area contributed by atoms with E-state index in [9.17, 15) is 0 Å². The van der Waals surface area contributed by atoms with Crippen molar-refractivity contribution in [3.8, 4) is 5.75 Å². The Bertz CT molecular complexity index is 722. The lowest BCUT2D eigenvalue weighted by atomic mass is 10.1. The van der Waals surface area contributed by atoms with Gasteiger partial charge in [0.15, 0.2) is 0 Å². The maximum atomic E-state index is 5.26. The van der Waals surface area contributed by atoms with Gasteiger partial charge in [-0.05, 0) is 46.6 Å². The Hall–Kier alpha value is -1.85. The van der Waals surface area contributed by atoms with E-state index in [-0.39, 0.29) is 0 Å². The summed E-state index contributed by atoms with van der Waals surface area (Å²) in [7, 11) is 1.67. The van der Waals surface area contributed by atoms with Crippen LogP contribution in [0.15, 0.2) is 52.0 Å². The fourth-order valence-corrected chi connectivity index (χ4v) is 3.57. The van der Waals surface area contributed by atoms with E-state index < -0.39 is 0 Å². The number of ether oxygens (including phenoxy) is 1. The number of rotatable bonds is 5. The zero-order chi connectivity index (χ0) is 17.6. The smallest absolute Gasteiger partial charge is 0.133 e. The summed E-state index contributed by atoms with van der Waals surface area (Å²) in [4.78, 5) is 1.63. The topological polar surface area (TPSA) is 29.3 Å². The monoisotopic (exact) mass is 402 g/mol. The number of quaternary nitrogens is 1. The molecule has 2 aromatic carbocycles. The van der Waals surface area contributed by atoms with Crippen LogP contribution >= 0.6 is 15.9 Å². The van der Waals surface area contributed by atoms with Gasteiger partial charge in [0, 0.05) is 5.56 Å². The molecule has 2 aromatic rings. The van der Waals surface area contributed by atoms with Crippen molar-refractivity contribution in [1.82, 2.24) is 5.01 Å². The van der Waals surface area contributed by atoms with Crippen LogP contribution in [0.2, 0.25) is 0 Å². The van der Waals surface area contributed by atoms with Gasteiger partial charge in [0.05, 0.1) is 44.0 Å². The van der Waals surface area contributed by atoms with Gasteiger partial charge in [-0.1, -0.05) is 29.8 Å². The summed E-state index contributed by atoms with van der Waals surface area (Å²) in [5, 5.41) is 6.80. The molecule has 0 unspecified atom stereocenters. The van der Waals surface area contributed by atoms with Gasteiger partial charge < -0.3 is 9.64 Å². The van der Waals surface area contributed by atoms with Crippen molar-refractivity contribution in [2.45, 2.75) is 13.5 Å². The molecule has 0 aliphatic carbocycles. The van der Waals surface area contributed by atoms with Gasteiger partial charge in [-0.25, -0.2) is 0 Å². The lowest BCUT2D eigenvalue weighted by Crippen LogP contribution is -3.13. The SMILES string of the molecule is COc1ccc(/C=N\N2CC[NH+](Cc3ccc(C)cc3)CC2)cc1Br. The molecule has 5 heteroatoms. The highest BCUT2D eigenvalue weighted by Crippen LogP contribution is 2.24. The van der Waals surface area contributed by atoms with E-state index in [4.69, 9.17) is 4.74 Å². The third-order valence-electron chi connectivity index (χ3n) is 4.57. The molecule has 1 N–H and O–H groups in total. The number of hydrazone groups is 1. The Morgan fingerprint density at radius 2 is 1.88 bits per heavy atom. The number of hydrogen-bond donors (Lipinski definition) is 1. The van der Waals surface area contributed by atoms with Gasteiger partial charge in [0.1, 0.15) is 12.3 Å². The number of aryl methyl sites for hydroxylation is 1. The summed E-state index contributed by atoms with van der Waals surface area (Å²) in [5.74, 6) is 0.838. The van der Waals surface area contributed by atoms with Crippen molar-refractivity contribution in [3.05, 3.63) is 63.6 Å². The predicted molar refractivity (Wildman–Crippen MR) is 105 cm³/mol. The van der Waals surface area contributed by atoms with E-state index in [1.807, 2.05) is 24.4 Å². The molecule has 0 aromatic heterocycles. The fourth-order valence-electron chi connectivity index (χ4n) is 3.01. The minimum absolute atomic E-state index is 0.838. The molecule has 132 valence electrons. The first-order valence-electron chi connectivity index (χ1n) is 8.65. The summed E-state index contributed by atoms with van der Waals surface area (Å²) in [6.07, 6.45) is 1.93. The standard InChI is InChI=1S/C20H24BrN3O/c1-16-3-5-17(6-4-16)15-23-9-11-24(12-10-23)22-14-18-7-8-20(25-2)19(21)13-18/h3-8,13-14H,9-12,15H2,1-2H3/p+1/b22-14-. The quantitative estimate of drug-likeness (QED) is 0.778. The average Bonchev–Trinajstić information content (AvgIpc) is 2.63. The second-order valence-electron chi connectivity index (χ2n) is 6.50. The zero-order valence-electron chi connectivity index (χ0n) is 14.8. The van der Waals surface area contributed by atoms with Crippen LogP contribution in [0.4, 0.5) is 0 Å². The molecule has 4 nitrogen and oxygen atoms in total. The first-order chi connectivity index (χ1) is 12.1. The highest BCUT2D eigenvalue weighted by atomic mass is 79.9. The van der Waals surface area contributed by atoms with Gasteiger partial charge in [-0.2, -0.15) is 5.10 Å². The number of nitrogens with zero attached hydrogens (tertiary/aromatic N) is 2. The third-order valence-corrected chi connectivity index (χ3v) is 5.19. The molecule has 1 saturated heterocycles. The van der Waals surface area contributed by atoms with E-state index >= 15 is 0 Å². The van der Waals surface area contributed by atoms with Crippen LogP contribution in [0.5, 0.6) is 5.75 Å².